The van der Waals surface area contributed by atoms with Gasteiger partial charge in [0.05, 0.1) is 63.1 Å². The van der Waals surface area contributed by atoms with Gasteiger partial charge < -0.3 is 37.9 Å². The zero-order valence-electron chi connectivity index (χ0n) is 28.9. The third-order valence-electron chi connectivity index (χ3n) is 10.4. The first-order chi connectivity index (χ1) is 24.5. The molecule has 4 saturated heterocycles. The molecule has 3 aromatic rings. The van der Waals surface area contributed by atoms with E-state index in [9.17, 15) is 0 Å². The number of ether oxygens (including phenoxy) is 8. The van der Waals surface area contributed by atoms with Crippen molar-refractivity contribution in [2.24, 2.45) is 0 Å². The second kappa shape index (κ2) is 16.4. The highest BCUT2D eigenvalue weighted by atomic mass is 16.7. The molecule has 7 rings (SSSR count). The first-order valence-corrected chi connectivity index (χ1v) is 18.0. The molecular formula is C42H50O8. The molecule has 0 bridgehead atoms. The van der Waals surface area contributed by atoms with Crippen molar-refractivity contribution in [1.29, 1.82) is 0 Å². The molecule has 0 aliphatic carbocycles. The lowest BCUT2D eigenvalue weighted by molar-refractivity contribution is -0.354. The first-order valence-electron chi connectivity index (χ1n) is 18.0. The highest BCUT2D eigenvalue weighted by Gasteiger charge is 2.54. The first kappa shape index (κ1) is 35.2. The zero-order valence-corrected chi connectivity index (χ0v) is 28.9. The maximum absolute atomic E-state index is 6.91. The van der Waals surface area contributed by atoms with Crippen molar-refractivity contribution in [3.63, 3.8) is 0 Å². The largest absolute Gasteiger partial charge is 0.374 e. The van der Waals surface area contributed by atoms with Gasteiger partial charge in [-0.2, -0.15) is 0 Å². The van der Waals surface area contributed by atoms with E-state index in [1.807, 2.05) is 78.9 Å². The Bertz CT molecular complexity index is 1500. The van der Waals surface area contributed by atoms with Crippen LogP contribution in [0.5, 0.6) is 0 Å². The summed E-state index contributed by atoms with van der Waals surface area (Å²) < 4.78 is 52.5. The average Bonchev–Trinajstić information content (AvgIpc) is 3.32. The van der Waals surface area contributed by atoms with E-state index in [-0.39, 0.29) is 54.9 Å². The Morgan fingerprint density at radius 3 is 2.06 bits per heavy atom. The monoisotopic (exact) mass is 682 g/mol. The number of fused-ring (bicyclic) bond motifs is 2. The third kappa shape index (κ3) is 8.30. The Balaban J connectivity index is 1.01. The molecular weight excluding hydrogens is 632 g/mol. The summed E-state index contributed by atoms with van der Waals surface area (Å²) >= 11 is 0. The lowest BCUT2D eigenvalue weighted by atomic mass is 9.84. The van der Waals surface area contributed by atoms with Crippen LogP contribution < -0.4 is 0 Å². The maximum atomic E-state index is 6.91. The van der Waals surface area contributed by atoms with Gasteiger partial charge in [0.1, 0.15) is 23.9 Å². The highest BCUT2D eigenvalue weighted by molar-refractivity contribution is 5.18. The van der Waals surface area contributed by atoms with E-state index in [1.165, 1.54) is 0 Å². The minimum Gasteiger partial charge on any atom is -0.374 e. The Kier molecular flexibility index (Phi) is 11.6. The molecule has 0 radical (unpaired) electrons. The normalized spacial score (nSPS) is 35.6. The molecule has 50 heavy (non-hydrogen) atoms. The maximum Gasteiger partial charge on any atom is 0.184 e. The Labute approximate surface area is 296 Å². The molecule has 0 amide bonds. The minimum absolute atomic E-state index is 0.145. The van der Waals surface area contributed by atoms with Crippen LogP contribution in [0.4, 0.5) is 0 Å². The smallest absolute Gasteiger partial charge is 0.184 e. The van der Waals surface area contributed by atoms with Gasteiger partial charge in [-0.15, -0.1) is 13.2 Å². The summed E-state index contributed by atoms with van der Waals surface area (Å²) in [4.78, 5) is 0. The summed E-state index contributed by atoms with van der Waals surface area (Å²) in [7, 11) is 0. The summed E-state index contributed by atoms with van der Waals surface area (Å²) in [6, 6.07) is 30.4. The van der Waals surface area contributed by atoms with Crippen molar-refractivity contribution in [2.75, 3.05) is 13.2 Å². The molecule has 0 N–H and O–H groups in total. The minimum atomic E-state index is -0.591. The predicted molar refractivity (Wildman–Crippen MR) is 189 cm³/mol. The summed E-state index contributed by atoms with van der Waals surface area (Å²) in [5.74, 6) is 0. The molecule has 3 aromatic carbocycles. The van der Waals surface area contributed by atoms with Gasteiger partial charge in [-0.05, 0) is 30.9 Å². The molecule has 11 atom stereocenters. The lowest BCUT2D eigenvalue weighted by Crippen LogP contribution is -2.64. The fourth-order valence-corrected chi connectivity index (χ4v) is 7.60. The van der Waals surface area contributed by atoms with E-state index in [0.717, 1.165) is 29.5 Å². The molecule has 0 aromatic heterocycles. The van der Waals surface area contributed by atoms with Crippen molar-refractivity contribution in [2.45, 2.75) is 113 Å². The molecule has 4 aliphatic heterocycles. The second-order valence-corrected chi connectivity index (χ2v) is 14.0. The van der Waals surface area contributed by atoms with Gasteiger partial charge in [-0.3, -0.25) is 0 Å². The fraction of sp³-hybridized carbons (Fsp3) is 0.476. The molecule has 0 spiro atoms. The SMILES string of the molecule is C=C[C@@H]1O[C@@H]2C[C@@H]3O[C@H](c4ccccc4)OC[C@@]3(C)O[C@H]2C[C@H]1O[C@H]1CC[C@@H](OCc2ccccc2)[C@H](COCc2ccccc2)O[C@@H]1C=C. The van der Waals surface area contributed by atoms with Crippen molar-refractivity contribution >= 4 is 0 Å². The topological polar surface area (TPSA) is 73.8 Å². The number of benzene rings is 3. The molecule has 4 heterocycles. The van der Waals surface area contributed by atoms with Crippen LogP contribution in [0.1, 0.15) is 55.6 Å². The van der Waals surface area contributed by atoms with Crippen molar-refractivity contribution in [3.05, 3.63) is 133 Å². The van der Waals surface area contributed by atoms with Crippen LogP contribution in [0.15, 0.2) is 116 Å². The van der Waals surface area contributed by atoms with Gasteiger partial charge in [0, 0.05) is 18.4 Å². The quantitative estimate of drug-likeness (QED) is 0.185. The molecule has 266 valence electrons. The standard InChI is InChI=1S/C42H50O8/c1-4-32-35(22-21-34(44-26-30-17-11-7-12-18-30)39(47-32)27-43-25-29-15-9-6-10-16-29)48-36-23-38-37(46-33(36)5-2)24-40-42(3,50-38)28-45-41(49-40)31-19-13-8-14-20-31/h4-20,32-41H,1-2,21-28H2,3H3/t32-,33+,34-,35+,36-,37-,38+,39+,40+,41-,42-/m1/s1. The van der Waals surface area contributed by atoms with Crippen molar-refractivity contribution < 1.29 is 37.9 Å². The summed E-state index contributed by atoms with van der Waals surface area (Å²) in [5.41, 5.74) is 2.64. The zero-order chi connectivity index (χ0) is 34.3. The van der Waals surface area contributed by atoms with Gasteiger partial charge in [-0.25, -0.2) is 0 Å². The molecule has 4 fully saturated rings. The fourth-order valence-electron chi connectivity index (χ4n) is 7.60. The van der Waals surface area contributed by atoms with E-state index in [1.54, 1.807) is 0 Å². The van der Waals surface area contributed by atoms with Crippen LogP contribution in [-0.4, -0.2) is 73.8 Å². The van der Waals surface area contributed by atoms with E-state index in [4.69, 9.17) is 37.9 Å². The van der Waals surface area contributed by atoms with Crippen LogP contribution in [0.25, 0.3) is 0 Å². The van der Waals surface area contributed by atoms with Gasteiger partial charge in [0.15, 0.2) is 6.29 Å². The Morgan fingerprint density at radius 2 is 1.36 bits per heavy atom. The highest BCUT2D eigenvalue weighted by Crippen LogP contribution is 2.44. The molecule has 0 unspecified atom stereocenters. The Morgan fingerprint density at radius 1 is 0.720 bits per heavy atom. The van der Waals surface area contributed by atoms with Crippen LogP contribution in [0, 0.1) is 0 Å². The third-order valence-corrected chi connectivity index (χ3v) is 10.4. The summed E-state index contributed by atoms with van der Waals surface area (Å²) in [6.07, 6.45) is 3.91. The summed E-state index contributed by atoms with van der Waals surface area (Å²) in [5, 5.41) is 0. The van der Waals surface area contributed by atoms with Gasteiger partial charge in [0.25, 0.3) is 0 Å². The number of hydrogen-bond donors (Lipinski definition) is 0. The molecule has 0 saturated carbocycles. The van der Waals surface area contributed by atoms with E-state index < -0.39 is 11.9 Å². The predicted octanol–water partition coefficient (Wildman–Crippen LogP) is 7.28. The van der Waals surface area contributed by atoms with Crippen LogP contribution in [0.2, 0.25) is 0 Å². The summed E-state index contributed by atoms with van der Waals surface area (Å²) in [6.45, 7) is 12.2. The van der Waals surface area contributed by atoms with Crippen LogP contribution in [0.3, 0.4) is 0 Å². The van der Waals surface area contributed by atoms with Crippen molar-refractivity contribution in [1.82, 2.24) is 0 Å². The van der Waals surface area contributed by atoms with Gasteiger partial charge >= 0.3 is 0 Å². The average molecular weight is 683 g/mol. The number of hydrogen-bond acceptors (Lipinski definition) is 8. The van der Waals surface area contributed by atoms with E-state index in [2.05, 4.69) is 44.3 Å². The molecule has 8 heteroatoms. The number of rotatable bonds is 12. The molecule has 8 nitrogen and oxygen atoms in total. The molecule has 4 aliphatic rings. The van der Waals surface area contributed by atoms with Crippen LogP contribution >= 0.6 is 0 Å². The second-order valence-electron chi connectivity index (χ2n) is 14.0. The lowest BCUT2D eigenvalue weighted by Gasteiger charge is -2.54. The Hall–Kier alpha value is -3.18. The van der Waals surface area contributed by atoms with Gasteiger partial charge in [-0.1, -0.05) is 103 Å². The van der Waals surface area contributed by atoms with E-state index in [0.29, 0.717) is 39.3 Å². The van der Waals surface area contributed by atoms with Crippen LogP contribution in [-0.2, 0) is 51.1 Å². The van der Waals surface area contributed by atoms with E-state index >= 15 is 0 Å². The van der Waals surface area contributed by atoms with Gasteiger partial charge in [0.2, 0.25) is 0 Å². The van der Waals surface area contributed by atoms with Crippen molar-refractivity contribution in [3.8, 4) is 0 Å².